The zero-order valence-electron chi connectivity index (χ0n) is 12.4. The number of hydrogen-bond donors (Lipinski definition) is 2. The van der Waals surface area contributed by atoms with E-state index >= 15 is 0 Å². The first kappa shape index (κ1) is 15.3. The van der Waals surface area contributed by atoms with E-state index in [1.807, 2.05) is 6.07 Å². The summed E-state index contributed by atoms with van der Waals surface area (Å²) in [5.74, 6) is -2.92. The molecule has 2 aliphatic heterocycles. The number of halogens is 1. The third-order valence-electron chi connectivity index (χ3n) is 4.27. The molecule has 2 N–H and O–H groups in total. The predicted octanol–water partition coefficient (Wildman–Crippen LogP) is 1.66. The van der Waals surface area contributed by atoms with Crippen molar-refractivity contribution < 1.29 is 14.4 Å². The molecule has 0 aromatic heterocycles. The lowest BCUT2D eigenvalue weighted by Gasteiger charge is -2.37. The van der Waals surface area contributed by atoms with Crippen molar-refractivity contribution in [2.45, 2.75) is 19.3 Å². The molecule has 1 aromatic carbocycles. The Morgan fingerprint density at radius 1 is 1.35 bits per heavy atom. The van der Waals surface area contributed by atoms with Crippen LogP contribution >= 0.6 is 11.6 Å². The summed E-state index contributed by atoms with van der Waals surface area (Å²) in [5, 5.41) is 15.1. The number of benzene rings is 1. The van der Waals surface area contributed by atoms with Crippen LogP contribution in [0, 0.1) is 17.2 Å². The minimum absolute atomic E-state index is 0.113. The average Bonchev–Trinajstić information content (AvgIpc) is 2.72. The lowest BCUT2D eigenvalue weighted by Crippen LogP contribution is -2.55. The molecule has 0 saturated carbocycles. The molecule has 0 radical (unpaired) electrons. The first-order chi connectivity index (χ1) is 10.8. The highest BCUT2D eigenvalue weighted by molar-refractivity contribution is 6.31. The van der Waals surface area contributed by atoms with Crippen molar-refractivity contribution in [2.24, 2.45) is 5.92 Å². The minimum atomic E-state index is -1.67. The molecule has 2 unspecified atom stereocenters. The maximum absolute atomic E-state index is 12.8. The molecule has 2 amide bonds. The van der Waals surface area contributed by atoms with Gasteiger partial charge in [0.2, 0.25) is 11.8 Å². The number of nitrogens with zero attached hydrogens (tertiary/aromatic N) is 1. The summed E-state index contributed by atoms with van der Waals surface area (Å²) < 4.78 is 0. The number of nitrogens with one attached hydrogen (secondary N) is 2. The second-order valence-corrected chi connectivity index (χ2v) is 6.00. The molecule has 3 rings (SSSR count). The van der Waals surface area contributed by atoms with Crippen molar-refractivity contribution in [3.8, 4) is 6.07 Å². The van der Waals surface area contributed by atoms with Gasteiger partial charge in [0.1, 0.15) is 11.3 Å². The topological polar surface area (TPSA) is 99.1 Å². The van der Waals surface area contributed by atoms with E-state index in [2.05, 4.69) is 10.6 Å². The van der Waals surface area contributed by atoms with Crippen LogP contribution in [-0.4, -0.2) is 17.6 Å². The van der Waals surface area contributed by atoms with Crippen LogP contribution in [0.5, 0.6) is 0 Å². The standard InChI is InChI=1S/C16H12ClN3O3/c1-7-13(8(2)21)16(11(6-18)14(22)19-7)10-5-9(17)3-4-12(10)20-15(16)23/h3-5,11H,1-2H3,(H,19,22)(H,20,23). The van der Waals surface area contributed by atoms with E-state index in [0.717, 1.165) is 0 Å². The van der Waals surface area contributed by atoms with Crippen LogP contribution < -0.4 is 10.6 Å². The van der Waals surface area contributed by atoms with Crippen LogP contribution in [-0.2, 0) is 19.8 Å². The number of Topliss-reactive ketones (excluding diaryl/α,β-unsaturated/α-hetero) is 1. The van der Waals surface area contributed by atoms with E-state index in [4.69, 9.17) is 11.6 Å². The number of anilines is 1. The Morgan fingerprint density at radius 3 is 2.65 bits per heavy atom. The number of fused-ring (bicyclic) bond motifs is 2. The van der Waals surface area contributed by atoms with Gasteiger partial charge in [0.15, 0.2) is 5.78 Å². The highest BCUT2D eigenvalue weighted by atomic mass is 35.5. The smallest absolute Gasteiger partial charge is 0.243 e. The highest BCUT2D eigenvalue weighted by Crippen LogP contribution is 2.51. The summed E-state index contributed by atoms with van der Waals surface area (Å²) in [6, 6.07) is 6.59. The van der Waals surface area contributed by atoms with Crippen LogP contribution in [0.3, 0.4) is 0 Å². The summed E-state index contributed by atoms with van der Waals surface area (Å²) in [6.45, 7) is 2.85. The van der Waals surface area contributed by atoms with Gasteiger partial charge in [-0.05, 0) is 37.6 Å². The van der Waals surface area contributed by atoms with Crippen LogP contribution in [0.4, 0.5) is 5.69 Å². The molecule has 2 heterocycles. The Morgan fingerprint density at radius 2 is 2.04 bits per heavy atom. The maximum Gasteiger partial charge on any atom is 0.243 e. The normalized spacial score (nSPS) is 25.7. The molecule has 2 atom stereocenters. The number of carbonyl (C=O) groups excluding carboxylic acids is 3. The van der Waals surface area contributed by atoms with Gasteiger partial charge in [-0.3, -0.25) is 14.4 Å². The molecular weight excluding hydrogens is 318 g/mol. The summed E-state index contributed by atoms with van der Waals surface area (Å²) in [6.07, 6.45) is 0. The van der Waals surface area contributed by atoms with Gasteiger partial charge >= 0.3 is 0 Å². The molecule has 23 heavy (non-hydrogen) atoms. The fraction of sp³-hybridized carbons (Fsp3) is 0.250. The van der Waals surface area contributed by atoms with E-state index in [-0.39, 0.29) is 17.1 Å². The molecule has 0 aliphatic carbocycles. The van der Waals surface area contributed by atoms with Gasteiger partial charge in [0.05, 0.1) is 6.07 Å². The van der Waals surface area contributed by atoms with E-state index in [1.165, 1.54) is 13.0 Å². The Hall–Kier alpha value is -2.65. The summed E-state index contributed by atoms with van der Waals surface area (Å²) in [5.41, 5.74) is -0.464. The van der Waals surface area contributed by atoms with Gasteiger partial charge in [-0.2, -0.15) is 5.26 Å². The minimum Gasteiger partial charge on any atom is -0.328 e. The molecule has 6 nitrogen and oxygen atoms in total. The average molecular weight is 330 g/mol. The Kier molecular flexibility index (Phi) is 3.27. The largest absolute Gasteiger partial charge is 0.328 e. The molecule has 2 aliphatic rings. The first-order valence-electron chi connectivity index (χ1n) is 6.88. The van der Waals surface area contributed by atoms with Crippen LogP contribution in [0.1, 0.15) is 19.4 Å². The van der Waals surface area contributed by atoms with Gasteiger partial charge in [-0.15, -0.1) is 0 Å². The van der Waals surface area contributed by atoms with E-state index in [1.54, 1.807) is 19.1 Å². The van der Waals surface area contributed by atoms with Crippen molar-refractivity contribution in [3.63, 3.8) is 0 Å². The number of carbonyl (C=O) groups is 3. The second kappa shape index (κ2) is 4.93. The first-order valence-corrected chi connectivity index (χ1v) is 7.26. The molecule has 0 saturated heterocycles. The van der Waals surface area contributed by atoms with Crippen molar-refractivity contribution in [3.05, 3.63) is 40.1 Å². The van der Waals surface area contributed by atoms with Crippen LogP contribution in [0.2, 0.25) is 5.02 Å². The molecule has 7 heteroatoms. The van der Waals surface area contributed by atoms with Crippen LogP contribution in [0.15, 0.2) is 29.5 Å². The number of ketones is 1. The van der Waals surface area contributed by atoms with E-state index in [0.29, 0.717) is 16.3 Å². The van der Waals surface area contributed by atoms with E-state index in [9.17, 15) is 19.6 Å². The molecule has 0 bridgehead atoms. The van der Waals surface area contributed by atoms with Crippen molar-refractivity contribution in [2.75, 3.05) is 5.32 Å². The van der Waals surface area contributed by atoms with Crippen molar-refractivity contribution >= 4 is 34.9 Å². The van der Waals surface area contributed by atoms with Gasteiger partial charge in [0, 0.05) is 22.0 Å². The van der Waals surface area contributed by atoms with Gasteiger partial charge in [-0.1, -0.05) is 11.6 Å². The monoisotopic (exact) mass is 329 g/mol. The zero-order chi connectivity index (χ0) is 16.9. The Balaban J connectivity index is 2.46. The number of allylic oxidation sites excluding steroid dienone is 1. The Bertz CT molecular complexity index is 853. The lowest BCUT2D eigenvalue weighted by atomic mass is 9.63. The summed E-state index contributed by atoms with van der Waals surface area (Å²) in [7, 11) is 0. The summed E-state index contributed by atoms with van der Waals surface area (Å²) in [4.78, 5) is 37.4. The third-order valence-corrected chi connectivity index (χ3v) is 4.50. The number of rotatable bonds is 1. The van der Waals surface area contributed by atoms with Crippen molar-refractivity contribution in [1.29, 1.82) is 5.26 Å². The molecule has 1 spiro atoms. The molecule has 0 fully saturated rings. The van der Waals surface area contributed by atoms with Gasteiger partial charge in [-0.25, -0.2) is 0 Å². The Labute approximate surface area is 137 Å². The number of amides is 2. The molecule has 116 valence electrons. The third kappa shape index (κ3) is 1.83. The predicted molar refractivity (Wildman–Crippen MR) is 82.4 cm³/mol. The van der Waals surface area contributed by atoms with Crippen LogP contribution in [0.25, 0.3) is 0 Å². The fourth-order valence-electron chi connectivity index (χ4n) is 3.48. The molecule has 1 aromatic rings. The second-order valence-electron chi connectivity index (χ2n) is 5.56. The lowest BCUT2D eigenvalue weighted by molar-refractivity contribution is -0.132. The number of nitriles is 1. The molecular formula is C16H12ClN3O3. The maximum atomic E-state index is 12.8. The summed E-state index contributed by atoms with van der Waals surface area (Å²) >= 11 is 6.04. The fourth-order valence-corrected chi connectivity index (χ4v) is 3.66. The van der Waals surface area contributed by atoms with Gasteiger partial charge in [0.25, 0.3) is 0 Å². The quantitative estimate of drug-likeness (QED) is 0.818. The number of hydrogen-bond acceptors (Lipinski definition) is 4. The van der Waals surface area contributed by atoms with E-state index < -0.39 is 23.1 Å². The highest BCUT2D eigenvalue weighted by Gasteiger charge is 2.61. The van der Waals surface area contributed by atoms with Gasteiger partial charge < -0.3 is 10.6 Å². The SMILES string of the molecule is CC(=O)C1=C(C)NC(=O)C(C#N)C12C(=O)Nc1ccc(Cl)cc12. The van der Waals surface area contributed by atoms with Crippen molar-refractivity contribution in [1.82, 2.24) is 5.32 Å². The zero-order valence-corrected chi connectivity index (χ0v) is 13.1.